The van der Waals surface area contributed by atoms with Crippen LogP contribution in [0.4, 0.5) is 4.39 Å². The van der Waals surface area contributed by atoms with Crippen LogP contribution in [-0.4, -0.2) is 78.0 Å². The maximum Gasteiger partial charge on any atom is 0.296 e. The van der Waals surface area contributed by atoms with E-state index in [1.807, 2.05) is 6.07 Å². The third-order valence-electron chi connectivity index (χ3n) is 7.08. The fourth-order valence-electron chi connectivity index (χ4n) is 5.37. The van der Waals surface area contributed by atoms with Crippen LogP contribution in [0.2, 0.25) is 5.02 Å². The molecule has 0 bridgehead atoms. The molecule has 6 rings (SSSR count). The van der Waals surface area contributed by atoms with Crippen LogP contribution in [0.5, 0.6) is 11.8 Å². The van der Waals surface area contributed by atoms with Crippen LogP contribution >= 0.6 is 11.6 Å². The van der Waals surface area contributed by atoms with Gasteiger partial charge in [0.05, 0.1) is 36.1 Å². The summed E-state index contributed by atoms with van der Waals surface area (Å²) in [5.74, 6) is 0.206. The van der Waals surface area contributed by atoms with Gasteiger partial charge in [0.1, 0.15) is 36.5 Å². The number of benzene rings is 1. The molecular formula is C25H27ClFN3O6. The van der Waals surface area contributed by atoms with Gasteiger partial charge in [0.2, 0.25) is 0 Å². The fraction of sp³-hybridized carbons (Fsp3) is 0.520. The summed E-state index contributed by atoms with van der Waals surface area (Å²) in [4.78, 5) is 12.2. The minimum absolute atomic E-state index is 0.0383. The molecule has 1 unspecified atom stereocenters. The van der Waals surface area contributed by atoms with Crippen LogP contribution in [0.15, 0.2) is 18.2 Å². The van der Waals surface area contributed by atoms with Gasteiger partial charge in [0.15, 0.2) is 11.8 Å². The monoisotopic (exact) mass is 519 g/mol. The highest BCUT2D eigenvalue weighted by atomic mass is 35.5. The molecule has 4 heterocycles. The zero-order chi connectivity index (χ0) is 24.8. The molecule has 1 aromatic carbocycles. The van der Waals surface area contributed by atoms with E-state index < -0.39 is 6.10 Å². The highest BCUT2D eigenvalue weighted by molar-refractivity contribution is 6.31. The summed E-state index contributed by atoms with van der Waals surface area (Å²) >= 11 is 6.57. The molecule has 5 atom stereocenters. The molecule has 36 heavy (non-hydrogen) atoms. The molecule has 0 radical (unpaired) electrons. The van der Waals surface area contributed by atoms with Crippen molar-refractivity contribution < 1.29 is 33.2 Å². The molecule has 2 N–H and O–H groups in total. The summed E-state index contributed by atoms with van der Waals surface area (Å²) < 4.78 is 42.8. The van der Waals surface area contributed by atoms with Gasteiger partial charge in [0, 0.05) is 13.2 Å². The smallest absolute Gasteiger partial charge is 0.296 e. The summed E-state index contributed by atoms with van der Waals surface area (Å²) in [6.45, 7) is 1.34. The minimum atomic E-state index is -0.650. The number of aliphatic hydroxyl groups excluding tert-OH is 1. The molecule has 3 aromatic rings. The number of nitrogens with zero attached hydrogens (tertiary/aromatic N) is 2. The third-order valence-corrected chi connectivity index (χ3v) is 7.40. The van der Waals surface area contributed by atoms with Gasteiger partial charge in [-0.3, -0.25) is 0 Å². The normalized spacial score (nSPS) is 26.9. The molecule has 11 heteroatoms. The van der Waals surface area contributed by atoms with Crippen LogP contribution in [0, 0.1) is 5.82 Å². The van der Waals surface area contributed by atoms with Crippen molar-refractivity contribution in [3.63, 3.8) is 0 Å². The molecular weight excluding hydrogens is 493 g/mol. The van der Waals surface area contributed by atoms with Gasteiger partial charge in [-0.25, -0.2) is 9.37 Å². The number of aryl methyl sites for hydroxylation is 1. The lowest BCUT2D eigenvalue weighted by Gasteiger charge is -2.15. The molecule has 3 aliphatic rings. The fourth-order valence-corrected chi connectivity index (χ4v) is 5.60. The van der Waals surface area contributed by atoms with Crippen LogP contribution in [-0.2, 0) is 27.1 Å². The first-order valence-corrected chi connectivity index (χ1v) is 12.4. The standard InChI is InChI=1S/C25H27ClFN3O6/c1-32-4-5-33-14-6-12-2-3-13(21(12)16(27)8-14)7-17-15(26)9-18-24(28-17)30-25(29-18)36-20-11-35-22-19(31)10-34-23(20)22/h6,8-9,13,19-20,22-23,31H,2-5,7,10-11H2,1H3,(H,28,29,30)/t13?,19-,20-,22-,23-/m1/s1. The van der Waals surface area contributed by atoms with E-state index in [9.17, 15) is 5.11 Å². The van der Waals surface area contributed by atoms with E-state index in [-0.39, 0.29) is 42.7 Å². The third kappa shape index (κ3) is 4.41. The molecule has 0 saturated carbocycles. The molecule has 0 spiro atoms. The van der Waals surface area contributed by atoms with E-state index in [0.717, 1.165) is 18.4 Å². The Morgan fingerprint density at radius 3 is 2.89 bits per heavy atom. The number of nitrogens with one attached hydrogen (secondary N) is 1. The van der Waals surface area contributed by atoms with Crippen molar-refractivity contribution in [2.45, 2.75) is 49.6 Å². The molecule has 2 aliphatic heterocycles. The zero-order valence-electron chi connectivity index (χ0n) is 19.7. The van der Waals surface area contributed by atoms with Gasteiger partial charge in [-0.2, -0.15) is 4.98 Å². The predicted octanol–water partition coefficient (Wildman–Crippen LogP) is 2.95. The molecule has 0 amide bonds. The number of methoxy groups -OCH3 is 1. The molecule has 1 aliphatic carbocycles. The highest BCUT2D eigenvalue weighted by Gasteiger charge is 2.48. The second-order valence-corrected chi connectivity index (χ2v) is 9.82. The maximum absolute atomic E-state index is 15.0. The topological polar surface area (TPSA) is 108 Å². The predicted molar refractivity (Wildman–Crippen MR) is 127 cm³/mol. The second-order valence-electron chi connectivity index (χ2n) is 9.41. The average Bonchev–Trinajstić information content (AvgIpc) is 3.61. The lowest BCUT2D eigenvalue weighted by molar-refractivity contribution is 0.00706. The summed E-state index contributed by atoms with van der Waals surface area (Å²) in [6.07, 6.45) is 0.296. The van der Waals surface area contributed by atoms with Crippen molar-refractivity contribution in [2.24, 2.45) is 0 Å². The molecule has 2 saturated heterocycles. The lowest BCUT2D eigenvalue weighted by atomic mass is 9.95. The maximum atomic E-state index is 15.0. The Morgan fingerprint density at radius 2 is 2.03 bits per heavy atom. The van der Waals surface area contributed by atoms with Crippen LogP contribution in [0.25, 0.3) is 11.2 Å². The van der Waals surface area contributed by atoms with Gasteiger partial charge in [-0.1, -0.05) is 11.6 Å². The summed E-state index contributed by atoms with van der Waals surface area (Å²) in [6, 6.07) is 5.39. The lowest BCUT2D eigenvalue weighted by Crippen LogP contribution is -2.34. The Balaban J connectivity index is 1.18. The molecule has 9 nitrogen and oxygen atoms in total. The first-order chi connectivity index (χ1) is 17.5. The minimum Gasteiger partial charge on any atom is -0.491 e. The molecule has 2 aromatic heterocycles. The number of fused-ring (bicyclic) bond motifs is 3. The first-order valence-electron chi connectivity index (χ1n) is 12.1. The van der Waals surface area contributed by atoms with E-state index in [0.29, 0.717) is 59.4 Å². The summed E-state index contributed by atoms with van der Waals surface area (Å²) in [5.41, 5.74) is 3.42. The first kappa shape index (κ1) is 23.9. The van der Waals surface area contributed by atoms with Gasteiger partial charge in [-0.05, 0) is 48.4 Å². The van der Waals surface area contributed by atoms with E-state index in [1.54, 1.807) is 13.2 Å². The van der Waals surface area contributed by atoms with Crippen LogP contribution < -0.4 is 9.47 Å². The number of hydrogen-bond acceptors (Lipinski definition) is 8. The second kappa shape index (κ2) is 9.75. The number of halogens is 2. The van der Waals surface area contributed by atoms with Crippen molar-refractivity contribution in [2.75, 3.05) is 33.5 Å². The Bertz CT molecular complexity index is 1270. The number of pyridine rings is 1. The summed E-state index contributed by atoms with van der Waals surface area (Å²) in [5, 5.41) is 10.4. The van der Waals surface area contributed by atoms with Crippen molar-refractivity contribution in [1.82, 2.24) is 15.0 Å². The van der Waals surface area contributed by atoms with Crippen molar-refractivity contribution in [3.05, 3.63) is 45.9 Å². The van der Waals surface area contributed by atoms with E-state index in [1.165, 1.54) is 6.07 Å². The van der Waals surface area contributed by atoms with E-state index in [4.69, 9.17) is 35.3 Å². The van der Waals surface area contributed by atoms with E-state index in [2.05, 4.69) is 15.0 Å². The zero-order valence-corrected chi connectivity index (χ0v) is 20.5. The van der Waals surface area contributed by atoms with Crippen molar-refractivity contribution in [1.29, 1.82) is 0 Å². The Morgan fingerprint density at radius 1 is 1.17 bits per heavy atom. The van der Waals surface area contributed by atoms with Crippen molar-refractivity contribution >= 4 is 22.8 Å². The van der Waals surface area contributed by atoms with Crippen LogP contribution in [0.3, 0.4) is 0 Å². The van der Waals surface area contributed by atoms with Gasteiger partial charge < -0.3 is 33.8 Å². The average molecular weight is 520 g/mol. The van der Waals surface area contributed by atoms with Crippen LogP contribution in [0.1, 0.15) is 29.2 Å². The Labute approximate surface area is 211 Å². The summed E-state index contributed by atoms with van der Waals surface area (Å²) in [7, 11) is 1.60. The number of aromatic amines is 1. The number of hydrogen-bond donors (Lipinski definition) is 2. The van der Waals surface area contributed by atoms with Crippen molar-refractivity contribution in [3.8, 4) is 11.8 Å². The molecule has 2 fully saturated rings. The Hall–Kier alpha value is -2.50. The largest absolute Gasteiger partial charge is 0.491 e. The van der Waals surface area contributed by atoms with Gasteiger partial charge >= 0.3 is 0 Å². The number of aliphatic hydroxyl groups is 1. The number of aromatic nitrogens is 3. The Kier molecular flexibility index (Phi) is 6.47. The number of H-pyrrole nitrogens is 1. The highest BCUT2D eigenvalue weighted by Crippen LogP contribution is 2.40. The number of ether oxygens (including phenoxy) is 5. The van der Waals surface area contributed by atoms with E-state index >= 15 is 4.39 Å². The number of rotatable bonds is 8. The SMILES string of the molecule is COCCOc1cc(F)c2c(c1)CCC2Cc1nc2nc(O[C@@H]3CO[C@H]4[C@@H]3OC[C@H]4O)[nH]c2cc1Cl. The molecule has 192 valence electrons. The quantitative estimate of drug-likeness (QED) is 0.437. The van der Waals surface area contributed by atoms with Gasteiger partial charge in [-0.15, -0.1) is 0 Å². The van der Waals surface area contributed by atoms with Gasteiger partial charge in [0.25, 0.3) is 6.01 Å². The number of imidazole rings is 1.